The van der Waals surface area contributed by atoms with Crippen molar-refractivity contribution in [3.8, 4) is 22.5 Å². The van der Waals surface area contributed by atoms with Crippen LogP contribution in [0.5, 0.6) is 0 Å². The fourth-order valence-corrected chi connectivity index (χ4v) is 3.99. The molecule has 0 atom stereocenters. The van der Waals surface area contributed by atoms with Gasteiger partial charge in [0.1, 0.15) is 17.2 Å². The van der Waals surface area contributed by atoms with Gasteiger partial charge in [-0.05, 0) is 38.0 Å². The van der Waals surface area contributed by atoms with E-state index in [9.17, 15) is 9.18 Å². The number of benzene rings is 3. The Morgan fingerprint density at radius 2 is 1.41 bits per heavy atom. The molecule has 0 unspecified atom stereocenters. The maximum absolute atomic E-state index is 13.0. The van der Waals surface area contributed by atoms with Crippen LogP contribution in [0.15, 0.2) is 78.0 Å². The Morgan fingerprint density at radius 1 is 0.824 bits per heavy atom. The second-order valence-corrected chi connectivity index (χ2v) is 8.98. The molecule has 0 radical (unpaired) electrons. The van der Waals surface area contributed by atoms with Crippen molar-refractivity contribution in [1.29, 1.82) is 0 Å². The predicted molar refractivity (Wildman–Crippen MR) is 134 cm³/mol. The van der Waals surface area contributed by atoms with Crippen LogP contribution in [0.3, 0.4) is 0 Å². The van der Waals surface area contributed by atoms with Crippen LogP contribution >= 0.6 is 11.8 Å². The average Bonchev–Trinajstić information content (AvgIpc) is 2.85. The van der Waals surface area contributed by atoms with Crippen molar-refractivity contribution in [2.24, 2.45) is 0 Å². The highest BCUT2D eigenvalue weighted by molar-refractivity contribution is 7.99. The SMILES string of the molecule is Cc1ccc(-c2nnc(SCC(=O)NCCc3ccc(F)cc3)nc2-c2ccc(C)cc2)cc1. The van der Waals surface area contributed by atoms with E-state index >= 15 is 0 Å². The third-order valence-electron chi connectivity index (χ3n) is 5.30. The predicted octanol–water partition coefficient (Wildman–Crippen LogP) is 5.41. The molecular formula is C27H25FN4OS. The number of amides is 1. The number of halogens is 1. The summed E-state index contributed by atoms with van der Waals surface area (Å²) in [5, 5.41) is 12.1. The highest BCUT2D eigenvalue weighted by Gasteiger charge is 2.15. The Kier molecular flexibility index (Phi) is 7.65. The molecule has 0 aliphatic carbocycles. The lowest BCUT2D eigenvalue weighted by Crippen LogP contribution is -2.27. The van der Waals surface area contributed by atoms with Crippen molar-refractivity contribution in [3.63, 3.8) is 0 Å². The molecule has 1 N–H and O–H groups in total. The molecule has 0 bridgehead atoms. The maximum Gasteiger partial charge on any atom is 0.230 e. The second kappa shape index (κ2) is 11.0. The lowest BCUT2D eigenvalue weighted by Gasteiger charge is -2.10. The van der Waals surface area contributed by atoms with E-state index in [-0.39, 0.29) is 17.5 Å². The summed E-state index contributed by atoms with van der Waals surface area (Å²) in [6.07, 6.45) is 0.636. The Morgan fingerprint density at radius 3 is 2.03 bits per heavy atom. The first-order chi connectivity index (χ1) is 16.5. The first kappa shape index (κ1) is 23.6. The van der Waals surface area contributed by atoms with Gasteiger partial charge in [-0.1, -0.05) is 83.6 Å². The molecule has 34 heavy (non-hydrogen) atoms. The summed E-state index contributed by atoms with van der Waals surface area (Å²) in [4.78, 5) is 17.1. The molecule has 172 valence electrons. The molecule has 0 spiro atoms. The number of aryl methyl sites for hydroxylation is 2. The zero-order valence-electron chi connectivity index (χ0n) is 19.1. The number of carbonyl (C=O) groups excluding carboxylic acids is 1. The van der Waals surface area contributed by atoms with Gasteiger partial charge in [0.05, 0.1) is 5.75 Å². The quantitative estimate of drug-likeness (QED) is 0.347. The number of hydrogen-bond acceptors (Lipinski definition) is 5. The van der Waals surface area contributed by atoms with E-state index in [0.717, 1.165) is 27.9 Å². The van der Waals surface area contributed by atoms with Gasteiger partial charge in [0, 0.05) is 17.7 Å². The Bertz CT molecular complexity index is 1260. The molecule has 5 nitrogen and oxygen atoms in total. The molecule has 7 heteroatoms. The fraction of sp³-hybridized carbons (Fsp3) is 0.185. The van der Waals surface area contributed by atoms with E-state index in [4.69, 9.17) is 4.98 Å². The van der Waals surface area contributed by atoms with Crippen LogP contribution in [0.4, 0.5) is 4.39 Å². The minimum atomic E-state index is -0.267. The van der Waals surface area contributed by atoms with Crippen LogP contribution in [0, 0.1) is 19.7 Å². The van der Waals surface area contributed by atoms with Crippen LogP contribution in [-0.2, 0) is 11.2 Å². The maximum atomic E-state index is 13.0. The van der Waals surface area contributed by atoms with Gasteiger partial charge >= 0.3 is 0 Å². The highest BCUT2D eigenvalue weighted by atomic mass is 32.2. The first-order valence-electron chi connectivity index (χ1n) is 11.0. The van der Waals surface area contributed by atoms with Crippen molar-refractivity contribution >= 4 is 17.7 Å². The fourth-order valence-electron chi connectivity index (χ4n) is 3.37. The number of nitrogens with zero attached hydrogens (tertiary/aromatic N) is 3. The Hall–Kier alpha value is -3.58. The van der Waals surface area contributed by atoms with E-state index in [1.54, 1.807) is 12.1 Å². The van der Waals surface area contributed by atoms with E-state index in [2.05, 4.69) is 15.5 Å². The smallest absolute Gasteiger partial charge is 0.230 e. The molecule has 1 aromatic heterocycles. The molecule has 1 amide bonds. The van der Waals surface area contributed by atoms with Gasteiger partial charge in [-0.3, -0.25) is 4.79 Å². The van der Waals surface area contributed by atoms with Crippen molar-refractivity contribution in [2.45, 2.75) is 25.4 Å². The molecule has 4 rings (SSSR count). The van der Waals surface area contributed by atoms with Crippen LogP contribution < -0.4 is 5.32 Å². The number of aromatic nitrogens is 3. The van der Waals surface area contributed by atoms with E-state index in [1.807, 2.05) is 62.4 Å². The average molecular weight is 473 g/mol. The Labute approximate surface area is 202 Å². The summed E-state index contributed by atoms with van der Waals surface area (Å²) >= 11 is 1.25. The monoisotopic (exact) mass is 472 g/mol. The van der Waals surface area contributed by atoms with E-state index in [0.29, 0.717) is 23.8 Å². The second-order valence-electron chi connectivity index (χ2n) is 8.04. The molecule has 0 saturated carbocycles. The summed E-state index contributed by atoms with van der Waals surface area (Å²) in [6.45, 7) is 4.56. The largest absolute Gasteiger partial charge is 0.355 e. The van der Waals surface area contributed by atoms with Gasteiger partial charge < -0.3 is 5.32 Å². The molecule has 0 saturated heterocycles. The summed E-state index contributed by atoms with van der Waals surface area (Å²) < 4.78 is 13.0. The van der Waals surface area contributed by atoms with Crippen molar-refractivity contribution in [2.75, 3.05) is 12.3 Å². The van der Waals surface area contributed by atoms with Gasteiger partial charge in [0.15, 0.2) is 0 Å². The molecule has 0 aliphatic rings. The molecule has 0 aliphatic heterocycles. The van der Waals surface area contributed by atoms with Gasteiger partial charge in [-0.2, -0.15) is 0 Å². The van der Waals surface area contributed by atoms with Crippen LogP contribution in [-0.4, -0.2) is 33.4 Å². The molecule has 4 aromatic rings. The zero-order chi connectivity index (χ0) is 23.9. The first-order valence-corrected chi connectivity index (χ1v) is 12.0. The minimum absolute atomic E-state index is 0.116. The van der Waals surface area contributed by atoms with Gasteiger partial charge in [0.2, 0.25) is 11.1 Å². The molecular weight excluding hydrogens is 447 g/mol. The zero-order valence-corrected chi connectivity index (χ0v) is 19.9. The summed E-state index contributed by atoms with van der Waals surface area (Å²) in [6, 6.07) is 22.5. The van der Waals surface area contributed by atoms with E-state index < -0.39 is 0 Å². The Balaban J connectivity index is 1.45. The molecule has 0 fully saturated rings. The summed E-state index contributed by atoms with van der Waals surface area (Å²) in [5.41, 5.74) is 6.62. The number of carbonyl (C=O) groups is 1. The number of rotatable bonds is 8. The van der Waals surface area contributed by atoms with Crippen LogP contribution in [0.25, 0.3) is 22.5 Å². The third kappa shape index (κ3) is 6.26. The number of hydrogen-bond donors (Lipinski definition) is 1. The molecule has 3 aromatic carbocycles. The van der Waals surface area contributed by atoms with Crippen molar-refractivity contribution in [3.05, 3.63) is 95.3 Å². The van der Waals surface area contributed by atoms with Gasteiger partial charge in [-0.15, -0.1) is 10.2 Å². The molecule has 1 heterocycles. The minimum Gasteiger partial charge on any atom is -0.355 e. The van der Waals surface area contributed by atoms with Crippen molar-refractivity contribution in [1.82, 2.24) is 20.5 Å². The number of thioether (sulfide) groups is 1. The normalized spacial score (nSPS) is 10.8. The van der Waals surface area contributed by atoms with Gasteiger partial charge in [-0.25, -0.2) is 9.37 Å². The topological polar surface area (TPSA) is 67.8 Å². The van der Waals surface area contributed by atoms with Crippen LogP contribution in [0.2, 0.25) is 0 Å². The van der Waals surface area contributed by atoms with Crippen molar-refractivity contribution < 1.29 is 9.18 Å². The lowest BCUT2D eigenvalue weighted by atomic mass is 10.0. The van der Waals surface area contributed by atoms with Crippen LogP contribution in [0.1, 0.15) is 16.7 Å². The highest BCUT2D eigenvalue weighted by Crippen LogP contribution is 2.30. The lowest BCUT2D eigenvalue weighted by molar-refractivity contribution is -0.118. The van der Waals surface area contributed by atoms with E-state index in [1.165, 1.54) is 29.5 Å². The van der Waals surface area contributed by atoms with Gasteiger partial charge in [0.25, 0.3) is 0 Å². The summed E-state index contributed by atoms with van der Waals surface area (Å²) in [5.74, 6) is -0.200. The third-order valence-corrected chi connectivity index (χ3v) is 6.14. The number of nitrogens with one attached hydrogen (secondary N) is 1. The summed E-state index contributed by atoms with van der Waals surface area (Å²) in [7, 11) is 0. The standard InChI is InChI=1S/C27H25FN4OS/c1-18-3-9-21(10-4-18)25-26(22-11-5-19(2)6-12-22)31-32-27(30-25)34-17-24(33)29-16-15-20-7-13-23(28)14-8-20/h3-14H,15-17H2,1-2H3,(H,29,33).